The van der Waals surface area contributed by atoms with Crippen molar-refractivity contribution in [1.29, 1.82) is 0 Å². The Morgan fingerprint density at radius 3 is 2.39 bits per heavy atom. The minimum Gasteiger partial charge on any atom is -1.00 e. The fourth-order valence-corrected chi connectivity index (χ4v) is 5.69. The largest absolute Gasteiger partial charge is 3.00 e. The number of fused-ring (bicyclic) bond motifs is 1. The summed E-state index contributed by atoms with van der Waals surface area (Å²) in [7, 11) is 0. The molecule has 2 aromatic rings. The first-order chi connectivity index (χ1) is 9.47. The Bertz CT molecular complexity index is 748. The number of benzene rings is 1. The Hall–Kier alpha value is -0.0806. The van der Waals surface area contributed by atoms with Crippen molar-refractivity contribution < 1.29 is 42.2 Å². The SMILES string of the molecule is CC1=C([Si](C)(C)Br)CC(c2cccc3cccnc23)=[C-]1.[Cl-].[Cl-].[Cr+3]. The fourth-order valence-electron chi connectivity index (χ4n) is 2.82. The zero-order chi connectivity index (χ0) is 14.3. The number of rotatable bonds is 2. The van der Waals surface area contributed by atoms with Crippen LogP contribution in [0.4, 0.5) is 0 Å². The molecule has 1 aliphatic carbocycles. The van der Waals surface area contributed by atoms with Crippen LogP contribution in [-0.4, -0.2) is 11.7 Å². The molecule has 0 spiro atoms. The first-order valence-electron chi connectivity index (χ1n) is 6.83. The molecule has 1 radical (unpaired) electrons. The van der Waals surface area contributed by atoms with E-state index < -0.39 is 6.69 Å². The molecule has 0 amide bonds. The van der Waals surface area contributed by atoms with Crippen molar-refractivity contribution in [2.45, 2.75) is 26.4 Å². The summed E-state index contributed by atoms with van der Waals surface area (Å²) in [6, 6.07) is 10.5. The van der Waals surface area contributed by atoms with Crippen molar-refractivity contribution in [2.75, 3.05) is 0 Å². The second kappa shape index (κ2) is 8.85. The van der Waals surface area contributed by atoms with Crippen molar-refractivity contribution >= 4 is 38.5 Å². The topological polar surface area (TPSA) is 12.9 Å². The van der Waals surface area contributed by atoms with Gasteiger partial charge in [-0.1, -0.05) is 50.2 Å². The Balaban J connectivity index is 0.00000161. The monoisotopic (exact) mass is 464 g/mol. The number of nitrogens with zero attached hydrogens (tertiary/aromatic N) is 1. The van der Waals surface area contributed by atoms with Gasteiger partial charge in [0.05, 0.1) is 6.69 Å². The molecule has 0 aliphatic heterocycles. The van der Waals surface area contributed by atoms with Gasteiger partial charge in [0.1, 0.15) is 0 Å². The predicted octanol–water partition coefficient (Wildman–Crippen LogP) is -0.714. The van der Waals surface area contributed by atoms with E-state index in [0.29, 0.717) is 0 Å². The molecule has 23 heavy (non-hydrogen) atoms. The van der Waals surface area contributed by atoms with Gasteiger partial charge in [-0.05, 0) is 11.5 Å². The van der Waals surface area contributed by atoms with Crippen LogP contribution in [0.2, 0.25) is 13.1 Å². The molecule has 121 valence electrons. The van der Waals surface area contributed by atoms with Crippen LogP contribution in [0.15, 0.2) is 47.3 Å². The Labute approximate surface area is 170 Å². The Morgan fingerprint density at radius 2 is 1.78 bits per heavy atom. The van der Waals surface area contributed by atoms with Gasteiger partial charge in [0.2, 0.25) is 0 Å². The molecule has 0 N–H and O–H groups in total. The van der Waals surface area contributed by atoms with E-state index in [1.807, 2.05) is 12.3 Å². The molecular weight excluding hydrogens is 449 g/mol. The molecule has 0 atom stereocenters. The molecule has 1 aliphatic rings. The number of aromatic nitrogens is 1. The molecule has 1 heterocycles. The minimum atomic E-state index is -1.44. The molecule has 0 saturated carbocycles. The Morgan fingerprint density at radius 1 is 1.13 bits per heavy atom. The fraction of sp³-hybridized carbons (Fsp3) is 0.235. The second-order valence-corrected chi connectivity index (χ2v) is 15.2. The number of para-hydroxylation sites is 1. The van der Waals surface area contributed by atoms with Crippen molar-refractivity contribution in [1.82, 2.24) is 4.98 Å². The molecule has 0 saturated heterocycles. The maximum absolute atomic E-state index is 4.56. The molecule has 0 fully saturated rings. The molecule has 1 nitrogen and oxygen atoms in total. The smallest absolute Gasteiger partial charge is 1.00 e. The molecule has 0 unspecified atom stereocenters. The molecule has 0 bridgehead atoms. The van der Waals surface area contributed by atoms with Crippen molar-refractivity contribution in [2.24, 2.45) is 0 Å². The van der Waals surface area contributed by atoms with Crippen molar-refractivity contribution in [3.05, 3.63) is 58.9 Å². The second-order valence-electron chi connectivity index (χ2n) is 5.74. The molecular formula is C17H17BrCl2CrNSi. The van der Waals surface area contributed by atoms with Crippen LogP contribution in [0, 0.1) is 6.08 Å². The molecule has 6 heteroatoms. The van der Waals surface area contributed by atoms with Gasteiger partial charge in [-0.2, -0.15) is 22.4 Å². The zero-order valence-corrected chi connectivity index (χ0v) is 18.5. The average Bonchev–Trinajstić information content (AvgIpc) is 2.80. The van der Waals surface area contributed by atoms with Crippen molar-refractivity contribution in [3.8, 4) is 0 Å². The van der Waals surface area contributed by atoms with Crippen LogP contribution >= 0.6 is 15.3 Å². The summed E-state index contributed by atoms with van der Waals surface area (Å²) in [5.41, 5.74) is 4.90. The minimum absolute atomic E-state index is 0. The van der Waals surface area contributed by atoms with Crippen LogP contribution in [0.3, 0.4) is 0 Å². The van der Waals surface area contributed by atoms with Gasteiger partial charge in [-0.25, -0.2) is 0 Å². The van der Waals surface area contributed by atoms with E-state index in [1.165, 1.54) is 22.1 Å². The van der Waals surface area contributed by atoms with Crippen LogP contribution in [0.1, 0.15) is 18.9 Å². The standard InChI is InChI=1S/C17H17BrNSi.2ClH.Cr/c1-12-10-14(11-16(12)20(2,3)18)15-8-4-6-13-7-5-9-19-17(13)15;;;/h4-9H,11H2,1-3H3;2*1H;/q-1;;;+3/p-2. The summed E-state index contributed by atoms with van der Waals surface area (Å²) in [5, 5.41) is 2.74. The predicted molar refractivity (Wildman–Crippen MR) is 92.1 cm³/mol. The van der Waals surface area contributed by atoms with E-state index in [4.69, 9.17) is 0 Å². The van der Waals surface area contributed by atoms with Gasteiger partial charge < -0.3 is 24.8 Å². The van der Waals surface area contributed by atoms with Gasteiger partial charge in [0, 0.05) is 11.7 Å². The number of hydrogen-bond acceptors (Lipinski definition) is 1. The summed E-state index contributed by atoms with van der Waals surface area (Å²) in [5.74, 6) is 0. The molecule has 1 aromatic heterocycles. The van der Waals surface area contributed by atoms with Crippen LogP contribution in [0.5, 0.6) is 0 Å². The maximum atomic E-state index is 4.56. The number of allylic oxidation sites excluding steroid dienone is 4. The third kappa shape index (κ3) is 4.72. The summed E-state index contributed by atoms with van der Waals surface area (Å²) >= 11 is 3.91. The average molecular weight is 466 g/mol. The van der Waals surface area contributed by atoms with Crippen LogP contribution < -0.4 is 24.8 Å². The van der Waals surface area contributed by atoms with Gasteiger partial charge in [0.15, 0.2) is 0 Å². The summed E-state index contributed by atoms with van der Waals surface area (Å²) < 4.78 is 0. The number of halogens is 3. The van der Waals surface area contributed by atoms with E-state index in [-0.39, 0.29) is 42.2 Å². The van der Waals surface area contributed by atoms with E-state index >= 15 is 0 Å². The molecule has 1 aromatic carbocycles. The molecule has 3 rings (SSSR count). The third-order valence-electron chi connectivity index (χ3n) is 3.82. The first-order valence-corrected chi connectivity index (χ1v) is 12.1. The van der Waals surface area contributed by atoms with Gasteiger partial charge in [-0.15, -0.1) is 21.4 Å². The third-order valence-corrected chi connectivity index (χ3v) is 7.24. The van der Waals surface area contributed by atoms with Gasteiger partial charge in [-0.3, -0.25) is 4.98 Å². The Kier molecular flexibility index (Phi) is 8.82. The van der Waals surface area contributed by atoms with E-state index in [2.05, 4.69) is 70.6 Å². The first kappa shape index (κ1) is 22.9. The van der Waals surface area contributed by atoms with Gasteiger partial charge in [0.25, 0.3) is 0 Å². The van der Waals surface area contributed by atoms with Crippen molar-refractivity contribution in [3.63, 3.8) is 0 Å². The van der Waals surface area contributed by atoms with Crippen LogP contribution in [-0.2, 0) is 17.4 Å². The summed E-state index contributed by atoms with van der Waals surface area (Å²) in [6.45, 7) is 5.40. The van der Waals surface area contributed by atoms with E-state index in [1.54, 1.807) is 5.20 Å². The van der Waals surface area contributed by atoms with E-state index in [9.17, 15) is 0 Å². The normalized spacial score (nSPS) is 13.8. The quantitative estimate of drug-likeness (QED) is 0.324. The van der Waals surface area contributed by atoms with Crippen LogP contribution in [0.25, 0.3) is 16.5 Å². The number of hydrogen-bond donors (Lipinski definition) is 0. The zero-order valence-electron chi connectivity index (χ0n) is 13.2. The number of pyridine rings is 1. The maximum Gasteiger partial charge on any atom is 3.00 e. The summed E-state index contributed by atoms with van der Waals surface area (Å²) in [6.07, 6.45) is 6.45. The summed E-state index contributed by atoms with van der Waals surface area (Å²) in [4.78, 5) is 4.56. The van der Waals surface area contributed by atoms with Gasteiger partial charge >= 0.3 is 17.4 Å². The van der Waals surface area contributed by atoms with E-state index in [0.717, 1.165) is 11.9 Å².